The number of ether oxygens (including phenoxy) is 1. The van der Waals surface area contributed by atoms with E-state index >= 15 is 0 Å². The molecule has 1 atom stereocenters. The summed E-state index contributed by atoms with van der Waals surface area (Å²) in [5, 5.41) is 8.83. The summed E-state index contributed by atoms with van der Waals surface area (Å²) in [6.07, 6.45) is -4.61. The van der Waals surface area contributed by atoms with Crippen LogP contribution in [0.15, 0.2) is 12.3 Å². The summed E-state index contributed by atoms with van der Waals surface area (Å²) in [5.41, 5.74) is 0.622. The van der Waals surface area contributed by atoms with E-state index in [1.165, 1.54) is 19.2 Å². The fourth-order valence-electron chi connectivity index (χ4n) is 1.02. The van der Waals surface area contributed by atoms with Crippen molar-refractivity contribution in [2.45, 2.75) is 26.3 Å². The van der Waals surface area contributed by atoms with Gasteiger partial charge in [0.25, 0.3) is 6.36 Å². The van der Waals surface area contributed by atoms with Crippen LogP contribution in [0.2, 0.25) is 0 Å². The Balaban J connectivity index is 2.86. The molecular weight excluding hydrogens is 211 g/mol. The number of aliphatic hydroxyl groups is 1. The van der Waals surface area contributed by atoms with Crippen LogP contribution in [0.5, 0.6) is 5.75 Å². The third kappa shape index (κ3) is 2.82. The molecule has 1 aromatic heterocycles. The van der Waals surface area contributed by atoms with Gasteiger partial charge in [-0.1, -0.05) is 0 Å². The van der Waals surface area contributed by atoms with Crippen LogP contribution in [-0.4, -0.2) is 22.9 Å². The fourth-order valence-corrected chi connectivity index (χ4v) is 1.02. The Morgan fingerprint density at radius 2 is 2.13 bits per heavy atom. The van der Waals surface area contributed by atoms with Crippen molar-refractivity contribution in [1.29, 1.82) is 0 Å². The Labute approximate surface area is 84.5 Å². The second-order valence-electron chi connectivity index (χ2n) is 2.84. The van der Waals surface area contributed by atoms with Crippen LogP contribution >= 0.6 is 0 Å². The largest absolute Gasteiger partial charge is 0.454 e. The van der Waals surface area contributed by atoms with Gasteiger partial charge in [-0.15, -0.1) is 0 Å². The van der Waals surface area contributed by atoms with E-state index in [0.29, 0.717) is 5.56 Å². The molecule has 1 rings (SSSR count). The number of rotatable bonds is 4. The molecule has 1 aromatic rings. The molecule has 6 heteroatoms. The summed E-state index contributed by atoms with van der Waals surface area (Å²) >= 11 is 0. The van der Waals surface area contributed by atoms with Gasteiger partial charge in [-0.05, 0) is 13.0 Å². The van der Waals surface area contributed by atoms with Crippen LogP contribution in [0.3, 0.4) is 0 Å². The van der Waals surface area contributed by atoms with E-state index in [1.807, 2.05) is 0 Å². The lowest BCUT2D eigenvalue weighted by atomic mass is 10.2. The second-order valence-corrected chi connectivity index (χ2v) is 2.84. The quantitative estimate of drug-likeness (QED) is 0.843. The standard InChI is InChI=1S/C9H10F3NO2/c1-5-6(4-14)13-3-2-7(5)15-9(12)8(10)11/h2-3,8-9,14H,4H2,1H3. The number of aliphatic hydroxyl groups excluding tert-OH is 1. The van der Waals surface area contributed by atoms with Gasteiger partial charge in [0.15, 0.2) is 0 Å². The molecule has 0 bridgehead atoms. The fraction of sp³-hybridized carbons (Fsp3) is 0.444. The summed E-state index contributed by atoms with van der Waals surface area (Å²) in [4.78, 5) is 3.77. The van der Waals surface area contributed by atoms with Gasteiger partial charge in [0.1, 0.15) is 5.75 Å². The van der Waals surface area contributed by atoms with Crippen molar-refractivity contribution in [3.05, 3.63) is 23.5 Å². The van der Waals surface area contributed by atoms with Crippen LogP contribution in [0, 0.1) is 6.92 Å². The third-order valence-corrected chi connectivity index (χ3v) is 1.85. The van der Waals surface area contributed by atoms with Gasteiger partial charge < -0.3 is 9.84 Å². The predicted octanol–water partition coefficient (Wildman–Crippen LogP) is 1.82. The van der Waals surface area contributed by atoms with Gasteiger partial charge in [0.2, 0.25) is 0 Å². The number of aromatic nitrogens is 1. The molecule has 0 saturated heterocycles. The summed E-state index contributed by atoms with van der Waals surface area (Å²) in [6, 6.07) is 1.27. The molecule has 0 aliphatic carbocycles. The van der Waals surface area contributed by atoms with E-state index < -0.39 is 12.8 Å². The predicted molar refractivity (Wildman–Crippen MR) is 46.4 cm³/mol. The van der Waals surface area contributed by atoms with Crippen LogP contribution in [0.1, 0.15) is 11.3 Å². The van der Waals surface area contributed by atoms with Crippen molar-refractivity contribution in [2.75, 3.05) is 0 Å². The highest BCUT2D eigenvalue weighted by atomic mass is 19.3. The molecular formula is C9H10F3NO2. The maximum Gasteiger partial charge on any atom is 0.304 e. The molecule has 3 nitrogen and oxygen atoms in total. The summed E-state index contributed by atoms with van der Waals surface area (Å²) in [5.74, 6) is -0.0400. The lowest BCUT2D eigenvalue weighted by molar-refractivity contribution is -0.0673. The lowest BCUT2D eigenvalue weighted by Gasteiger charge is -2.13. The first-order valence-corrected chi connectivity index (χ1v) is 4.20. The Kier molecular flexibility index (Phi) is 3.90. The lowest BCUT2D eigenvalue weighted by Crippen LogP contribution is -2.20. The molecule has 15 heavy (non-hydrogen) atoms. The van der Waals surface area contributed by atoms with Gasteiger partial charge in [-0.25, -0.2) is 8.78 Å². The first-order chi connectivity index (χ1) is 7.06. The van der Waals surface area contributed by atoms with Crippen molar-refractivity contribution < 1.29 is 23.0 Å². The zero-order valence-corrected chi connectivity index (χ0v) is 7.95. The summed E-state index contributed by atoms with van der Waals surface area (Å²) < 4.78 is 40.7. The molecule has 84 valence electrons. The zero-order valence-electron chi connectivity index (χ0n) is 7.95. The van der Waals surface area contributed by atoms with Gasteiger partial charge in [-0.2, -0.15) is 4.39 Å². The van der Waals surface area contributed by atoms with Crippen molar-refractivity contribution in [3.63, 3.8) is 0 Å². The number of alkyl halides is 3. The number of halogens is 3. The smallest absolute Gasteiger partial charge is 0.304 e. The minimum atomic E-state index is -3.20. The molecule has 0 aliphatic heterocycles. The number of pyridine rings is 1. The second kappa shape index (κ2) is 4.97. The molecule has 0 amide bonds. The maximum atomic E-state index is 12.6. The van der Waals surface area contributed by atoms with E-state index in [1.54, 1.807) is 0 Å². The van der Waals surface area contributed by atoms with Crippen LogP contribution in [-0.2, 0) is 6.61 Å². The monoisotopic (exact) mass is 221 g/mol. The van der Waals surface area contributed by atoms with E-state index in [9.17, 15) is 13.2 Å². The zero-order chi connectivity index (χ0) is 11.4. The van der Waals surface area contributed by atoms with Crippen molar-refractivity contribution >= 4 is 0 Å². The molecule has 0 fully saturated rings. The molecule has 0 radical (unpaired) electrons. The normalized spacial score (nSPS) is 12.9. The van der Waals surface area contributed by atoms with E-state index in [4.69, 9.17) is 5.11 Å². The molecule has 1 heterocycles. The van der Waals surface area contributed by atoms with Crippen LogP contribution in [0.25, 0.3) is 0 Å². The molecule has 0 spiro atoms. The topological polar surface area (TPSA) is 42.4 Å². The summed E-state index contributed by atoms with van der Waals surface area (Å²) in [7, 11) is 0. The Morgan fingerprint density at radius 1 is 1.47 bits per heavy atom. The third-order valence-electron chi connectivity index (χ3n) is 1.85. The molecule has 0 aromatic carbocycles. The van der Waals surface area contributed by atoms with Crippen molar-refractivity contribution in [3.8, 4) is 5.75 Å². The first-order valence-electron chi connectivity index (χ1n) is 4.20. The van der Waals surface area contributed by atoms with Crippen LogP contribution < -0.4 is 4.74 Å². The minimum Gasteiger partial charge on any atom is -0.454 e. The maximum absolute atomic E-state index is 12.6. The Bertz CT molecular complexity index is 333. The Hall–Kier alpha value is -1.30. The SMILES string of the molecule is Cc1c(OC(F)C(F)F)ccnc1CO. The van der Waals surface area contributed by atoms with Gasteiger partial charge in [-0.3, -0.25) is 4.98 Å². The van der Waals surface area contributed by atoms with Gasteiger partial charge in [0, 0.05) is 11.8 Å². The highest BCUT2D eigenvalue weighted by Gasteiger charge is 2.22. The van der Waals surface area contributed by atoms with E-state index in [-0.39, 0.29) is 18.1 Å². The van der Waals surface area contributed by atoms with E-state index in [0.717, 1.165) is 0 Å². The number of nitrogens with zero attached hydrogens (tertiary/aromatic N) is 1. The van der Waals surface area contributed by atoms with E-state index in [2.05, 4.69) is 9.72 Å². The van der Waals surface area contributed by atoms with Crippen molar-refractivity contribution in [1.82, 2.24) is 4.98 Å². The van der Waals surface area contributed by atoms with Crippen molar-refractivity contribution in [2.24, 2.45) is 0 Å². The Morgan fingerprint density at radius 3 is 2.67 bits per heavy atom. The summed E-state index contributed by atoms with van der Waals surface area (Å²) in [6.45, 7) is 1.15. The highest BCUT2D eigenvalue weighted by Crippen LogP contribution is 2.22. The van der Waals surface area contributed by atoms with Gasteiger partial charge >= 0.3 is 6.43 Å². The molecule has 0 aliphatic rings. The number of hydrogen-bond acceptors (Lipinski definition) is 3. The molecule has 1 unspecified atom stereocenters. The minimum absolute atomic E-state index is 0.0400. The van der Waals surface area contributed by atoms with Crippen LogP contribution in [0.4, 0.5) is 13.2 Å². The first kappa shape index (κ1) is 11.8. The molecule has 1 N–H and O–H groups in total. The highest BCUT2D eigenvalue weighted by molar-refractivity contribution is 5.34. The van der Waals surface area contributed by atoms with Gasteiger partial charge in [0.05, 0.1) is 12.3 Å². The molecule has 0 saturated carbocycles. The average Bonchev–Trinajstić information content (AvgIpc) is 2.21. The number of hydrogen-bond donors (Lipinski definition) is 1. The average molecular weight is 221 g/mol.